The molecule has 1 aromatic carbocycles. The third-order valence-electron chi connectivity index (χ3n) is 2.77. The number of aryl methyl sites for hydroxylation is 1. The minimum Gasteiger partial charge on any atom is -0.396 e. The summed E-state index contributed by atoms with van der Waals surface area (Å²) in [6.07, 6.45) is 4.46. The molecule has 0 spiro atoms. The van der Waals surface area contributed by atoms with E-state index in [0.29, 0.717) is 5.69 Å². The van der Waals surface area contributed by atoms with Crippen molar-refractivity contribution in [2.45, 2.75) is 19.9 Å². The van der Waals surface area contributed by atoms with Gasteiger partial charge in [-0.2, -0.15) is 0 Å². The van der Waals surface area contributed by atoms with Gasteiger partial charge in [-0.1, -0.05) is 31.2 Å². The number of hydrogen-bond donors (Lipinski definition) is 2. The molecule has 0 saturated carbocycles. The van der Waals surface area contributed by atoms with Crippen molar-refractivity contribution in [2.24, 2.45) is 0 Å². The molecular formula is C14H17N3. The lowest BCUT2D eigenvalue weighted by atomic mass is 10.1. The SMILES string of the molecule is CCc1ccc(CNc2ccncc2N)cc1. The monoisotopic (exact) mass is 227 g/mol. The van der Waals surface area contributed by atoms with Gasteiger partial charge in [-0.3, -0.25) is 4.98 Å². The maximum atomic E-state index is 5.81. The number of aromatic nitrogens is 1. The Hall–Kier alpha value is -2.03. The van der Waals surface area contributed by atoms with Crippen LogP contribution in [-0.4, -0.2) is 4.98 Å². The van der Waals surface area contributed by atoms with Crippen LogP contribution in [0.2, 0.25) is 0 Å². The van der Waals surface area contributed by atoms with Crippen LogP contribution in [0.3, 0.4) is 0 Å². The molecule has 1 aromatic heterocycles. The Morgan fingerprint density at radius 2 is 1.82 bits per heavy atom. The zero-order valence-electron chi connectivity index (χ0n) is 9.98. The van der Waals surface area contributed by atoms with Crippen LogP contribution in [0.15, 0.2) is 42.7 Å². The third kappa shape index (κ3) is 2.97. The number of rotatable bonds is 4. The van der Waals surface area contributed by atoms with Crippen LogP contribution in [0, 0.1) is 0 Å². The van der Waals surface area contributed by atoms with Crippen molar-refractivity contribution in [1.29, 1.82) is 0 Å². The first-order chi connectivity index (χ1) is 8.29. The molecular weight excluding hydrogens is 210 g/mol. The third-order valence-corrected chi connectivity index (χ3v) is 2.77. The lowest BCUT2D eigenvalue weighted by molar-refractivity contribution is 1.10. The molecule has 2 rings (SSSR count). The zero-order valence-corrected chi connectivity index (χ0v) is 9.98. The van der Waals surface area contributed by atoms with Crippen LogP contribution in [-0.2, 0) is 13.0 Å². The van der Waals surface area contributed by atoms with Crippen molar-refractivity contribution in [3.8, 4) is 0 Å². The van der Waals surface area contributed by atoms with Crippen LogP contribution in [0.1, 0.15) is 18.1 Å². The summed E-state index contributed by atoms with van der Waals surface area (Å²) in [5, 5.41) is 3.30. The molecule has 0 aliphatic heterocycles. The number of pyridine rings is 1. The molecule has 2 aromatic rings. The standard InChI is InChI=1S/C14H17N3/c1-2-11-3-5-12(6-4-11)9-17-14-7-8-16-10-13(14)15/h3-8,10H,2,9,15H2,1H3,(H,16,17). The Balaban J connectivity index is 2.00. The van der Waals surface area contributed by atoms with Crippen molar-refractivity contribution in [1.82, 2.24) is 4.98 Å². The Morgan fingerprint density at radius 3 is 2.47 bits per heavy atom. The molecule has 0 bridgehead atoms. The second-order valence-electron chi connectivity index (χ2n) is 3.99. The van der Waals surface area contributed by atoms with E-state index in [4.69, 9.17) is 5.73 Å². The summed E-state index contributed by atoms with van der Waals surface area (Å²) >= 11 is 0. The average molecular weight is 227 g/mol. The smallest absolute Gasteiger partial charge is 0.0736 e. The lowest BCUT2D eigenvalue weighted by Gasteiger charge is -2.09. The van der Waals surface area contributed by atoms with E-state index < -0.39 is 0 Å². The molecule has 1 heterocycles. The molecule has 0 atom stereocenters. The van der Waals surface area contributed by atoms with Gasteiger partial charge in [0.1, 0.15) is 0 Å². The first-order valence-corrected chi connectivity index (χ1v) is 5.80. The van der Waals surface area contributed by atoms with Gasteiger partial charge in [-0.15, -0.1) is 0 Å². The summed E-state index contributed by atoms with van der Waals surface area (Å²) in [6.45, 7) is 2.93. The van der Waals surface area contributed by atoms with Gasteiger partial charge in [0, 0.05) is 12.7 Å². The topological polar surface area (TPSA) is 50.9 Å². The van der Waals surface area contributed by atoms with Gasteiger partial charge >= 0.3 is 0 Å². The van der Waals surface area contributed by atoms with Crippen molar-refractivity contribution in [2.75, 3.05) is 11.1 Å². The molecule has 0 fully saturated rings. The number of hydrogen-bond acceptors (Lipinski definition) is 3. The van der Waals surface area contributed by atoms with Crippen LogP contribution in [0.4, 0.5) is 11.4 Å². The summed E-state index contributed by atoms with van der Waals surface area (Å²) in [5.41, 5.74) is 10.0. The van der Waals surface area contributed by atoms with Gasteiger partial charge in [-0.25, -0.2) is 0 Å². The molecule has 3 heteroatoms. The van der Waals surface area contributed by atoms with E-state index in [1.165, 1.54) is 11.1 Å². The fraction of sp³-hybridized carbons (Fsp3) is 0.214. The lowest BCUT2D eigenvalue weighted by Crippen LogP contribution is -2.02. The number of nitrogens with zero attached hydrogens (tertiary/aromatic N) is 1. The zero-order chi connectivity index (χ0) is 12.1. The number of nitrogens with two attached hydrogens (primary N) is 1. The number of anilines is 2. The van der Waals surface area contributed by atoms with Gasteiger partial charge in [0.05, 0.1) is 17.6 Å². The van der Waals surface area contributed by atoms with Crippen LogP contribution >= 0.6 is 0 Å². The highest BCUT2D eigenvalue weighted by molar-refractivity contribution is 5.64. The van der Waals surface area contributed by atoms with E-state index >= 15 is 0 Å². The van der Waals surface area contributed by atoms with Gasteiger partial charge in [0.15, 0.2) is 0 Å². The summed E-state index contributed by atoms with van der Waals surface area (Å²) in [5.74, 6) is 0. The van der Waals surface area contributed by atoms with E-state index in [-0.39, 0.29) is 0 Å². The van der Waals surface area contributed by atoms with E-state index in [9.17, 15) is 0 Å². The largest absolute Gasteiger partial charge is 0.396 e. The molecule has 88 valence electrons. The van der Waals surface area contributed by atoms with E-state index in [1.54, 1.807) is 12.4 Å². The highest BCUT2D eigenvalue weighted by atomic mass is 14.9. The molecule has 0 amide bonds. The Morgan fingerprint density at radius 1 is 1.12 bits per heavy atom. The highest BCUT2D eigenvalue weighted by Gasteiger charge is 1.98. The Labute approximate surface area is 102 Å². The van der Waals surface area contributed by atoms with E-state index in [2.05, 4.69) is 41.5 Å². The predicted molar refractivity (Wildman–Crippen MR) is 71.8 cm³/mol. The molecule has 3 N–H and O–H groups in total. The summed E-state index contributed by atoms with van der Waals surface area (Å²) in [7, 11) is 0. The van der Waals surface area contributed by atoms with Crippen molar-refractivity contribution >= 4 is 11.4 Å². The van der Waals surface area contributed by atoms with Gasteiger partial charge in [0.25, 0.3) is 0 Å². The normalized spacial score (nSPS) is 10.2. The van der Waals surface area contributed by atoms with Crippen LogP contribution in [0.5, 0.6) is 0 Å². The highest BCUT2D eigenvalue weighted by Crippen LogP contribution is 2.16. The Bertz CT molecular complexity index is 477. The quantitative estimate of drug-likeness (QED) is 0.844. The van der Waals surface area contributed by atoms with E-state index in [1.807, 2.05) is 6.07 Å². The maximum absolute atomic E-state index is 5.81. The fourth-order valence-corrected chi connectivity index (χ4v) is 1.66. The van der Waals surface area contributed by atoms with Crippen molar-refractivity contribution in [3.05, 3.63) is 53.9 Å². The minimum absolute atomic E-state index is 0.678. The minimum atomic E-state index is 0.678. The molecule has 0 saturated heterocycles. The van der Waals surface area contributed by atoms with Crippen molar-refractivity contribution in [3.63, 3.8) is 0 Å². The molecule has 3 nitrogen and oxygen atoms in total. The van der Waals surface area contributed by atoms with Crippen LogP contribution in [0.25, 0.3) is 0 Å². The molecule has 0 radical (unpaired) electrons. The predicted octanol–water partition coefficient (Wildman–Crippen LogP) is 2.84. The maximum Gasteiger partial charge on any atom is 0.0736 e. The van der Waals surface area contributed by atoms with E-state index in [0.717, 1.165) is 18.7 Å². The fourth-order valence-electron chi connectivity index (χ4n) is 1.66. The molecule has 0 aliphatic carbocycles. The summed E-state index contributed by atoms with van der Waals surface area (Å²) < 4.78 is 0. The van der Waals surface area contributed by atoms with Crippen molar-refractivity contribution < 1.29 is 0 Å². The molecule has 17 heavy (non-hydrogen) atoms. The number of nitrogen functional groups attached to an aromatic ring is 1. The first-order valence-electron chi connectivity index (χ1n) is 5.80. The number of nitrogens with one attached hydrogen (secondary N) is 1. The molecule has 0 aliphatic rings. The summed E-state index contributed by atoms with van der Waals surface area (Å²) in [4.78, 5) is 3.96. The second kappa shape index (κ2) is 5.34. The number of benzene rings is 1. The Kier molecular flexibility index (Phi) is 3.60. The van der Waals surface area contributed by atoms with Gasteiger partial charge < -0.3 is 11.1 Å². The van der Waals surface area contributed by atoms with Gasteiger partial charge in [0.2, 0.25) is 0 Å². The average Bonchev–Trinajstić information content (AvgIpc) is 2.38. The molecule has 0 unspecified atom stereocenters. The van der Waals surface area contributed by atoms with Gasteiger partial charge in [-0.05, 0) is 23.6 Å². The summed E-state index contributed by atoms with van der Waals surface area (Å²) in [6, 6.07) is 10.5. The first kappa shape index (κ1) is 11.5. The van der Waals surface area contributed by atoms with Crippen LogP contribution < -0.4 is 11.1 Å². The second-order valence-corrected chi connectivity index (χ2v) is 3.99.